The minimum absolute atomic E-state index is 0.249. The molecule has 0 bridgehead atoms. The molecule has 1 aromatic heterocycles. The van der Waals surface area contributed by atoms with E-state index in [4.69, 9.17) is 4.74 Å². The van der Waals surface area contributed by atoms with Crippen molar-refractivity contribution < 1.29 is 14.6 Å². The van der Waals surface area contributed by atoms with Crippen LogP contribution in [-0.2, 0) is 16.0 Å². The highest BCUT2D eigenvalue weighted by Crippen LogP contribution is 2.24. The zero-order chi connectivity index (χ0) is 14.8. The highest BCUT2D eigenvalue weighted by atomic mass is 16.5. The number of anilines is 1. The summed E-state index contributed by atoms with van der Waals surface area (Å²) in [6, 6.07) is -0.765. The topological polar surface area (TPSA) is 93.5 Å². The Hall–Kier alpha value is -1.89. The quantitative estimate of drug-likeness (QED) is 0.847. The molecule has 0 aliphatic carbocycles. The monoisotopic (exact) mass is 293 g/mol. The second-order valence-electron chi connectivity index (χ2n) is 5.60. The molecule has 0 amide bonds. The molecule has 0 saturated carbocycles. The maximum absolute atomic E-state index is 12.4. The van der Waals surface area contributed by atoms with Gasteiger partial charge >= 0.3 is 5.97 Å². The predicted molar refractivity (Wildman–Crippen MR) is 75.5 cm³/mol. The predicted octanol–water partition coefficient (Wildman–Crippen LogP) is 0.654. The van der Waals surface area contributed by atoms with E-state index in [1.807, 2.05) is 0 Å². The van der Waals surface area contributed by atoms with Crippen LogP contribution in [-0.4, -0.2) is 40.4 Å². The lowest BCUT2D eigenvalue weighted by Gasteiger charge is -2.22. The van der Waals surface area contributed by atoms with Crippen LogP contribution >= 0.6 is 0 Å². The molecule has 7 heteroatoms. The Morgan fingerprint density at radius 1 is 1.43 bits per heavy atom. The van der Waals surface area contributed by atoms with Crippen molar-refractivity contribution in [2.75, 3.05) is 25.1 Å². The molecule has 1 atom stereocenters. The van der Waals surface area contributed by atoms with Crippen molar-refractivity contribution in [3.8, 4) is 0 Å². The zero-order valence-electron chi connectivity index (χ0n) is 11.7. The van der Waals surface area contributed by atoms with Gasteiger partial charge < -0.3 is 15.2 Å². The van der Waals surface area contributed by atoms with Crippen molar-refractivity contribution in [2.45, 2.75) is 31.7 Å². The summed E-state index contributed by atoms with van der Waals surface area (Å²) in [5, 5.41) is 12.3. The van der Waals surface area contributed by atoms with Crippen LogP contribution in [0.25, 0.3) is 0 Å². The molecule has 21 heavy (non-hydrogen) atoms. The smallest absolute Gasteiger partial charge is 0.326 e. The van der Waals surface area contributed by atoms with Gasteiger partial charge in [0.25, 0.3) is 5.56 Å². The van der Waals surface area contributed by atoms with Gasteiger partial charge in [-0.25, -0.2) is 9.78 Å². The summed E-state index contributed by atoms with van der Waals surface area (Å²) in [6.07, 6.45) is 4.58. The Labute approximate surface area is 121 Å². The first-order chi connectivity index (χ1) is 10.2. The van der Waals surface area contributed by atoms with Gasteiger partial charge in [0, 0.05) is 31.6 Å². The Balaban J connectivity index is 1.76. The number of aryl methyl sites for hydroxylation is 1. The van der Waals surface area contributed by atoms with Crippen LogP contribution in [0.3, 0.4) is 0 Å². The molecule has 3 rings (SSSR count). The molecular formula is C14H19N3O4. The van der Waals surface area contributed by atoms with E-state index in [-0.39, 0.29) is 11.4 Å². The Morgan fingerprint density at radius 2 is 2.19 bits per heavy atom. The molecule has 7 nitrogen and oxygen atoms in total. The number of fused-ring (bicyclic) bond motifs is 1. The molecule has 2 aliphatic heterocycles. The fourth-order valence-electron chi connectivity index (χ4n) is 2.99. The van der Waals surface area contributed by atoms with Crippen LogP contribution < -0.4 is 10.9 Å². The van der Waals surface area contributed by atoms with E-state index in [1.165, 1.54) is 4.57 Å². The summed E-state index contributed by atoms with van der Waals surface area (Å²) < 4.78 is 6.66. The van der Waals surface area contributed by atoms with Gasteiger partial charge in [0.1, 0.15) is 6.04 Å². The number of nitrogens with zero attached hydrogens (tertiary/aromatic N) is 2. The number of aromatic nitrogens is 2. The third kappa shape index (κ3) is 2.78. The molecule has 2 N–H and O–H groups in total. The van der Waals surface area contributed by atoms with Gasteiger partial charge in [0.05, 0.1) is 0 Å². The average molecular weight is 293 g/mol. The minimum atomic E-state index is -0.961. The normalized spacial score (nSPS) is 22.0. The lowest BCUT2D eigenvalue weighted by Crippen LogP contribution is -2.32. The van der Waals surface area contributed by atoms with Crippen LogP contribution in [0.15, 0.2) is 11.0 Å². The molecule has 114 valence electrons. The first-order valence-electron chi connectivity index (χ1n) is 7.31. The van der Waals surface area contributed by atoms with E-state index in [0.29, 0.717) is 31.0 Å². The number of ether oxygens (including phenoxy) is 1. The molecule has 3 heterocycles. The summed E-state index contributed by atoms with van der Waals surface area (Å²) in [5.74, 6) is -0.246. The van der Waals surface area contributed by atoms with Crippen LogP contribution in [0.2, 0.25) is 0 Å². The van der Waals surface area contributed by atoms with E-state index in [1.54, 1.807) is 6.20 Å². The highest BCUT2D eigenvalue weighted by molar-refractivity contribution is 5.72. The summed E-state index contributed by atoms with van der Waals surface area (Å²) in [7, 11) is 0. The SMILES string of the molecule is O=C(O)C1CCc2cnc(NCC3CCOCC3)c(=O)n21. The van der Waals surface area contributed by atoms with E-state index in [9.17, 15) is 14.7 Å². The van der Waals surface area contributed by atoms with Crippen molar-refractivity contribution in [1.29, 1.82) is 0 Å². The van der Waals surface area contributed by atoms with Crippen molar-refractivity contribution in [3.05, 3.63) is 22.2 Å². The summed E-state index contributed by atoms with van der Waals surface area (Å²) in [4.78, 5) is 27.8. The molecule has 1 aromatic rings. The average Bonchev–Trinajstić information content (AvgIpc) is 2.93. The van der Waals surface area contributed by atoms with Gasteiger partial charge in [-0.3, -0.25) is 9.36 Å². The lowest BCUT2D eigenvalue weighted by molar-refractivity contribution is -0.140. The molecule has 0 radical (unpaired) electrons. The number of hydrogen-bond acceptors (Lipinski definition) is 5. The van der Waals surface area contributed by atoms with E-state index >= 15 is 0 Å². The molecule has 1 saturated heterocycles. The first kappa shape index (κ1) is 14.1. The largest absolute Gasteiger partial charge is 0.480 e. The molecule has 0 spiro atoms. The van der Waals surface area contributed by atoms with Gasteiger partial charge in [0.15, 0.2) is 5.82 Å². The van der Waals surface area contributed by atoms with Gasteiger partial charge in [-0.15, -0.1) is 0 Å². The van der Waals surface area contributed by atoms with Gasteiger partial charge in [0.2, 0.25) is 0 Å². The summed E-state index contributed by atoms with van der Waals surface area (Å²) in [6.45, 7) is 2.18. The summed E-state index contributed by atoms with van der Waals surface area (Å²) in [5.41, 5.74) is 0.369. The third-order valence-electron chi connectivity index (χ3n) is 4.24. The Kier molecular flexibility index (Phi) is 3.92. The van der Waals surface area contributed by atoms with Gasteiger partial charge in [-0.05, 0) is 31.6 Å². The third-order valence-corrected chi connectivity index (χ3v) is 4.24. The number of carboxylic acids is 1. The highest BCUT2D eigenvalue weighted by Gasteiger charge is 2.30. The maximum Gasteiger partial charge on any atom is 0.326 e. The maximum atomic E-state index is 12.4. The fraction of sp³-hybridized carbons (Fsp3) is 0.643. The molecule has 1 fully saturated rings. The Bertz CT molecular complexity index is 592. The van der Waals surface area contributed by atoms with Crippen molar-refractivity contribution in [3.63, 3.8) is 0 Å². The van der Waals surface area contributed by atoms with Crippen LogP contribution in [0, 0.1) is 5.92 Å². The number of hydrogen-bond donors (Lipinski definition) is 2. The molecule has 1 unspecified atom stereocenters. The van der Waals surface area contributed by atoms with Crippen LogP contribution in [0.1, 0.15) is 31.0 Å². The number of rotatable bonds is 4. The number of carboxylic acid groups (broad SMARTS) is 1. The number of nitrogens with one attached hydrogen (secondary N) is 1. The molecular weight excluding hydrogens is 274 g/mol. The van der Waals surface area contributed by atoms with Crippen molar-refractivity contribution in [1.82, 2.24) is 9.55 Å². The molecule has 0 aromatic carbocycles. The van der Waals surface area contributed by atoms with Gasteiger partial charge in [-0.1, -0.05) is 0 Å². The second-order valence-corrected chi connectivity index (χ2v) is 5.60. The molecule has 2 aliphatic rings. The van der Waals surface area contributed by atoms with E-state index in [2.05, 4.69) is 10.3 Å². The summed E-state index contributed by atoms with van der Waals surface area (Å²) >= 11 is 0. The van der Waals surface area contributed by atoms with E-state index in [0.717, 1.165) is 26.1 Å². The minimum Gasteiger partial charge on any atom is -0.480 e. The number of aliphatic carboxylic acids is 1. The van der Waals surface area contributed by atoms with Crippen molar-refractivity contribution in [2.24, 2.45) is 5.92 Å². The standard InChI is InChI=1S/C14H19N3O4/c18-13-12(15-7-9-3-5-21-6-4-9)16-8-10-1-2-11(14(19)20)17(10)13/h8-9,11H,1-7H2,(H,15,16)(H,19,20). The number of carbonyl (C=O) groups is 1. The first-order valence-corrected chi connectivity index (χ1v) is 7.31. The second kappa shape index (κ2) is 5.85. The van der Waals surface area contributed by atoms with E-state index < -0.39 is 12.0 Å². The Morgan fingerprint density at radius 3 is 2.90 bits per heavy atom. The van der Waals surface area contributed by atoms with Crippen LogP contribution in [0.4, 0.5) is 5.82 Å². The zero-order valence-corrected chi connectivity index (χ0v) is 11.7. The lowest BCUT2D eigenvalue weighted by atomic mass is 10.0. The van der Waals surface area contributed by atoms with Crippen molar-refractivity contribution >= 4 is 11.8 Å². The van der Waals surface area contributed by atoms with Crippen LogP contribution in [0.5, 0.6) is 0 Å². The van der Waals surface area contributed by atoms with Gasteiger partial charge in [-0.2, -0.15) is 0 Å². The fourth-order valence-corrected chi connectivity index (χ4v) is 2.99.